The van der Waals surface area contributed by atoms with Crippen LogP contribution >= 0.6 is 0 Å². The smallest absolute Gasteiger partial charge is 0.328 e. The van der Waals surface area contributed by atoms with Crippen molar-refractivity contribution in [1.82, 2.24) is 5.32 Å². The molecule has 1 atom stereocenters. The molecule has 2 N–H and O–H groups in total. The molecule has 0 heterocycles. The van der Waals surface area contributed by atoms with E-state index in [-0.39, 0.29) is 25.4 Å². The minimum atomic E-state index is -1.01. The summed E-state index contributed by atoms with van der Waals surface area (Å²) in [7, 11) is 0. The van der Waals surface area contributed by atoms with Gasteiger partial charge in [0.1, 0.15) is 12.6 Å². The molecular formula is C34H57NO5. The van der Waals surface area contributed by atoms with E-state index < -0.39 is 18.0 Å². The summed E-state index contributed by atoms with van der Waals surface area (Å²) < 4.78 is 5.32. The molecule has 6 heteroatoms. The fourth-order valence-corrected chi connectivity index (χ4v) is 4.98. The summed E-state index contributed by atoms with van der Waals surface area (Å²) in [5, 5.41) is 11.7. The maximum Gasteiger partial charge on any atom is 0.328 e. The molecule has 0 saturated heterocycles. The van der Waals surface area contributed by atoms with E-state index in [2.05, 4.69) is 12.2 Å². The van der Waals surface area contributed by atoms with Crippen molar-refractivity contribution < 1.29 is 24.2 Å². The van der Waals surface area contributed by atoms with Crippen LogP contribution in [0.1, 0.15) is 154 Å². The van der Waals surface area contributed by atoms with Gasteiger partial charge in [0.05, 0.1) is 0 Å². The summed E-state index contributed by atoms with van der Waals surface area (Å²) in [5.74, 6) is -1.82. The number of nitrogens with one attached hydrogen (secondary N) is 1. The van der Waals surface area contributed by atoms with Gasteiger partial charge in [-0.25, -0.2) is 4.79 Å². The molecule has 0 radical (unpaired) electrons. The van der Waals surface area contributed by atoms with Crippen LogP contribution in [0.4, 0.5) is 0 Å². The van der Waals surface area contributed by atoms with Crippen molar-refractivity contribution in [3.8, 4) is 0 Å². The molecule has 0 unspecified atom stereocenters. The first-order chi connectivity index (χ1) is 19.5. The molecule has 1 aromatic carbocycles. The number of unbranched alkanes of at least 4 members (excludes halogenated alkanes) is 18. The SMILES string of the molecule is CCCCCCCCCCCCCCCCCCCCCC(=O)N[C@H](CCC(=O)O)C(=O)OCc1ccccc1. The Labute approximate surface area is 244 Å². The zero-order valence-electron chi connectivity index (χ0n) is 25.3. The van der Waals surface area contributed by atoms with Gasteiger partial charge in [-0.1, -0.05) is 153 Å². The summed E-state index contributed by atoms with van der Waals surface area (Å²) in [6, 6.07) is 8.34. The Hall–Kier alpha value is -2.37. The maximum absolute atomic E-state index is 12.5. The van der Waals surface area contributed by atoms with E-state index in [0.717, 1.165) is 24.8 Å². The zero-order valence-corrected chi connectivity index (χ0v) is 25.3. The molecule has 0 fully saturated rings. The molecule has 0 aliphatic carbocycles. The Balaban J connectivity index is 2.01. The van der Waals surface area contributed by atoms with Crippen molar-refractivity contribution in [1.29, 1.82) is 0 Å². The molecule has 1 amide bonds. The Kier molecular flexibility index (Phi) is 22.8. The van der Waals surface area contributed by atoms with Crippen LogP contribution in [0.15, 0.2) is 30.3 Å². The van der Waals surface area contributed by atoms with Gasteiger partial charge in [0.2, 0.25) is 5.91 Å². The van der Waals surface area contributed by atoms with Gasteiger partial charge in [-0.3, -0.25) is 9.59 Å². The monoisotopic (exact) mass is 559 g/mol. The number of rotatable bonds is 27. The molecule has 1 rings (SSSR count). The molecular weight excluding hydrogens is 502 g/mol. The van der Waals surface area contributed by atoms with Gasteiger partial charge < -0.3 is 15.2 Å². The fourth-order valence-electron chi connectivity index (χ4n) is 4.98. The van der Waals surface area contributed by atoms with Crippen LogP contribution in [-0.2, 0) is 25.7 Å². The van der Waals surface area contributed by atoms with Crippen molar-refractivity contribution in [3.63, 3.8) is 0 Å². The van der Waals surface area contributed by atoms with Gasteiger partial charge in [-0.2, -0.15) is 0 Å². The standard InChI is InChI=1S/C34H57NO5/c1-2-3-4-5-6-7-8-9-10-11-12-13-14-15-16-17-18-19-23-26-32(36)35-31(27-28-33(37)38)34(39)40-29-30-24-21-20-22-25-30/h20-22,24-25,31H,2-19,23,26-29H2,1H3,(H,35,36)(H,37,38)/t31-/m1/s1. The molecule has 0 spiro atoms. The highest BCUT2D eigenvalue weighted by atomic mass is 16.5. The molecule has 228 valence electrons. The van der Waals surface area contributed by atoms with Crippen molar-refractivity contribution in [2.45, 2.75) is 161 Å². The number of carboxylic acid groups (broad SMARTS) is 1. The summed E-state index contributed by atoms with van der Waals surface area (Å²) >= 11 is 0. The average Bonchev–Trinajstić information content (AvgIpc) is 2.95. The number of ether oxygens (including phenoxy) is 1. The second kappa shape index (κ2) is 25.6. The number of amides is 1. The third-order valence-electron chi connectivity index (χ3n) is 7.50. The first-order valence-corrected chi connectivity index (χ1v) is 16.2. The first-order valence-electron chi connectivity index (χ1n) is 16.2. The van der Waals surface area contributed by atoms with E-state index in [1.54, 1.807) is 0 Å². The lowest BCUT2D eigenvalue weighted by Gasteiger charge is -2.17. The highest BCUT2D eigenvalue weighted by Gasteiger charge is 2.23. The third-order valence-corrected chi connectivity index (χ3v) is 7.50. The lowest BCUT2D eigenvalue weighted by atomic mass is 10.0. The van der Waals surface area contributed by atoms with Crippen molar-refractivity contribution >= 4 is 17.8 Å². The maximum atomic E-state index is 12.5. The van der Waals surface area contributed by atoms with Crippen LogP contribution < -0.4 is 5.32 Å². The van der Waals surface area contributed by atoms with Crippen LogP contribution in [0.3, 0.4) is 0 Å². The van der Waals surface area contributed by atoms with Gasteiger partial charge in [-0.05, 0) is 18.4 Å². The van der Waals surface area contributed by atoms with Gasteiger partial charge in [0.25, 0.3) is 0 Å². The number of benzene rings is 1. The number of hydrogen-bond acceptors (Lipinski definition) is 4. The number of esters is 1. The summed E-state index contributed by atoms with van der Waals surface area (Å²) in [5.41, 5.74) is 0.841. The number of aliphatic carboxylic acids is 1. The van der Waals surface area contributed by atoms with Crippen LogP contribution in [0.2, 0.25) is 0 Å². The highest BCUT2D eigenvalue weighted by Crippen LogP contribution is 2.15. The fraction of sp³-hybridized carbons (Fsp3) is 0.735. The normalized spacial score (nSPS) is 11.7. The second-order valence-corrected chi connectivity index (χ2v) is 11.3. The predicted octanol–water partition coefficient (Wildman–Crippen LogP) is 8.90. The number of hydrogen-bond donors (Lipinski definition) is 2. The van der Waals surface area contributed by atoms with Gasteiger partial charge in [-0.15, -0.1) is 0 Å². The molecule has 0 aliphatic heterocycles. The van der Waals surface area contributed by atoms with Crippen LogP contribution in [0, 0.1) is 0 Å². The molecule has 1 aromatic rings. The van der Waals surface area contributed by atoms with Crippen LogP contribution in [0.25, 0.3) is 0 Å². The highest BCUT2D eigenvalue weighted by molar-refractivity contribution is 5.84. The Bertz CT molecular complexity index is 767. The predicted molar refractivity (Wildman–Crippen MR) is 163 cm³/mol. The van der Waals surface area contributed by atoms with Gasteiger partial charge >= 0.3 is 11.9 Å². The second-order valence-electron chi connectivity index (χ2n) is 11.3. The van der Waals surface area contributed by atoms with E-state index in [1.165, 1.54) is 103 Å². The van der Waals surface area contributed by atoms with Crippen molar-refractivity contribution in [2.24, 2.45) is 0 Å². The van der Waals surface area contributed by atoms with Crippen LogP contribution in [0.5, 0.6) is 0 Å². The van der Waals surface area contributed by atoms with E-state index in [1.807, 2.05) is 30.3 Å². The number of carbonyl (C=O) groups is 3. The summed E-state index contributed by atoms with van der Waals surface area (Å²) in [6.07, 6.45) is 24.9. The van der Waals surface area contributed by atoms with E-state index in [4.69, 9.17) is 9.84 Å². The lowest BCUT2D eigenvalue weighted by molar-refractivity contribution is -0.149. The van der Waals surface area contributed by atoms with Gasteiger partial charge in [0.15, 0.2) is 0 Å². The topological polar surface area (TPSA) is 92.7 Å². The Morgan fingerprint density at radius 2 is 1.12 bits per heavy atom. The number of carbonyl (C=O) groups excluding carboxylic acids is 2. The molecule has 0 aliphatic rings. The molecule has 6 nitrogen and oxygen atoms in total. The van der Waals surface area contributed by atoms with Crippen molar-refractivity contribution in [2.75, 3.05) is 0 Å². The summed E-state index contributed by atoms with van der Waals surface area (Å²) in [6.45, 7) is 2.37. The molecule has 0 saturated carbocycles. The minimum Gasteiger partial charge on any atom is -0.481 e. The summed E-state index contributed by atoms with van der Waals surface area (Å²) in [4.78, 5) is 35.9. The first kappa shape index (κ1) is 35.7. The van der Waals surface area contributed by atoms with E-state index in [0.29, 0.717) is 6.42 Å². The minimum absolute atomic E-state index is 0.0217. The Morgan fingerprint density at radius 1 is 0.675 bits per heavy atom. The largest absolute Gasteiger partial charge is 0.481 e. The zero-order chi connectivity index (χ0) is 29.1. The molecule has 40 heavy (non-hydrogen) atoms. The van der Waals surface area contributed by atoms with E-state index in [9.17, 15) is 14.4 Å². The van der Waals surface area contributed by atoms with Gasteiger partial charge in [0, 0.05) is 12.8 Å². The van der Waals surface area contributed by atoms with Crippen molar-refractivity contribution in [3.05, 3.63) is 35.9 Å². The molecule has 0 bridgehead atoms. The Morgan fingerprint density at radius 3 is 1.57 bits per heavy atom. The quantitative estimate of drug-likeness (QED) is 0.0829. The lowest BCUT2D eigenvalue weighted by Crippen LogP contribution is -2.42. The third kappa shape index (κ3) is 21.5. The van der Waals surface area contributed by atoms with Crippen LogP contribution in [-0.4, -0.2) is 29.0 Å². The van der Waals surface area contributed by atoms with E-state index >= 15 is 0 Å². The number of carboxylic acids is 1. The average molecular weight is 560 g/mol. The molecule has 0 aromatic heterocycles.